The van der Waals surface area contributed by atoms with E-state index in [4.69, 9.17) is 0 Å². The maximum atomic E-state index is 4.29. The first kappa shape index (κ1) is 9.35. The Labute approximate surface area is 95.1 Å². The van der Waals surface area contributed by atoms with Crippen LogP contribution in [0.5, 0.6) is 0 Å². The summed E-state index contributed by atoms with van der Waals surface area (Å²) in [6, 6.07) is 5.98. The molecule has 0 saturated carbocycles. The molecule has 3 aromatic rings. The van der Waals surface area contributed by atoms with E-state index in [9.17, 15) is 0 Å². The molecule has 14 heavy (non-hydrogen) atoms. The molecule has 0 radical (unpaired) electrons. The zero-order valence-electron chi connectivity index (χ0n) is 7.12. The molecule has 72 valence electrons. The van der Waals surface area contributed by atoms with Crippen molar-refractivity contribution in [3.63, 3.8) is 0 Å². The van der Waals surface area contributed by atoms with Crippen LogP contribution in [-0.4, -0.2) is 14.4 Å². The Hall–Kier alpha value is -1.21. The van der Waals surface area contributed by atoms with Crippen molar-refractivity contribution in [1.82, 2.24) is 14.4 Å². The molecule has 3 heterocycles. The molecule has 0 aliphatic rings. The molecule has 0 aliphatic carbocycles. The average molecular weight is 363 g/mol. The van der Waals surface area contributed by atoms with Gasteiger partial charge in [0.05, 0.1) is 0 Å². The van der Waals surface area contributed by atoms with Crippen LogP contribution >= 0.6 is 0 Å². The summed E-state index contributed by atoms with van der Waals surface area (Å²) in [5.41, 5.74) is 1.88. The van der Waals surface area contributed by atoms with E-state index < -0.39 is 0 Å². The van der Waals surface area contributed by atoms with Gasteiger partial charge in [-0.25, -0.2) is 0 Å². The standard InChI is InChI=1S/C10H6N3.Pt/c1-2-8-3-5-13-7-11-6-9(13)10(8)12-4-1;/h1-5,7H;/q-1;. The van der Waals surface area contributed by atoms with E-state index in [0.29, 0.717) is 0 Å². The second-order valence-corrected chi connectivity index (χ2v) is 2.87. The molecule has 0 saturated heterocycles. The predicted molar refractivity (Wildman–Crippen MR) is 49.3 cm³/mol. The molecule has 0 fully saturated rings. The third-order valence-corrected chi connectivity index (χ3v) is 2.09. The summed E-state index contributed by atoms with van der Waals surface area (Å²) in [4.78, 5) is 8.24. The average Bonchev–Trinajstić information content (AvgIpc) is 2.65. The van der Waals surface area contributed by atoms with Gasteiger partial charge in [-0.2, -0.15) is 0 Å². The molecule has 0 aromatic carbocycles. The number of imidazole rings is 1. The van der Waals surface area contributed by atoms with Gasteiger partial charge >= 0.3 is 0 Å². The van der Waals surface area contributed by atoms with E-state index in [1.54, 1.807) is 12.5 Å². The van der Waals surface area contributed by atoms with Crippen molar-refractivity contribution in [1.29, 1.82) is 0 Å². The van der Waals surface area contributed by atoms with Gasteiger partial charge in [-0.05, 0) is 35.7 Å². The number of hydrogen-bond donors (Lipinski definition) is 0. The van der Waals surface area contributed by atoms with Crippen LogP contribution in [-0.2, 0) is 21.1 Å². The van der Waals surface area contributed by atoms with Gasteiger partial charge in [0.2, 0.25) is 0 Å². The van der Waals surface area contributed by atoms with Gasteiger partial charge < -0.3 is 14.4 Å². The Morgan fingerprint density at radius 3 is 3.14 bits per heavy atom. The quantitative estimate of drug-likeness (QED) is 0.569. The molecule has 3 rings (SSSR count). The molecule has 0 aliphatic heterocycles. The first-order valence-electron chi connectivity index (χ1n) is 4.03. The molecule has 0 atom stereocenters. The largest absolute Gasteiger partial charge is 0.379 e. The summed E-state index contributed by atoms with van der Waals surface area (Å²) in [5, 5.41) is 1.12. The number of nitrogens with zero attached hydrogens (tertiary/aromatic N) is 3. The van der Waals surface area contributed by atoms with Crippen molar-refractivity contribution in [2.75, 3.05) is 0 Å². The second kappa shape index (κ2) is 3.50. The maximum Gasteiger partial charge on any atom is 0.0125 e. The maximum absolute atomic E-state index is 4.29. The molecule has 0 unspecified atom stereocenters. The van der Waals surface area contributed by atoms with Crippen molar-refractivity contribution >= 4 is 16.4 Å². The molecule has 3 aromatic heterocycles. The monoisotopic (exact) mass is 363 g/mol. The van der Waals surface area contributed by atoms with E-state index in [0.717, 1.165) is 16.4 Å². The molecule has 0 amide bonds. The van der Waals surface area contributed by atoms with Gasteiger partial charge in [-0.15, -0.1) is 0 Å². The first-order valence-corrected chi connectivity index (χ1v) is 4.03. The fourth-order valence-corrected chi connectivity index (χ4v) is 1.47. The Balaban J connectivity index is 0.000000750. The van der Waals surface area contributed by atoms with Crippen LogP contribution in [0.3, 0.4) is 0 Å². The second-order valence-electron chi connectivity index (χ2n) is 2.87. The van der Waals surface area contributed by atoms with Crippen LogP contribution in [0.2, 0.25) is 0 Å². The van der Waals surface area contributed by atoms with Crippen LogP contribution < -0.4 is 0 Å². The number of rotatable bonds is 0. The van der Waals surface area contributed by atoms with Crippen LogP contribution in [0.15, 0.2) is 36.9 Å². The topological polar surface area (TPSA) is 30.2 Å². The third kappa shape index (κ3) is 1.25. The van der Waals surface area contributed by atoms with Gasteiger partial charge in [0, 0.05) is 27.3 Å². The van der Waals surface area contributed by atoms with Crippen LogP contribution in [0, 0.1) is 6.20 Å². The van der Waals surface area contributed by atoms with E-state index in [2.05, 4.69) is 16.2 Å². The van der Waals surface area contributed by atoms with Crippen LogP contribution in [0.1, 0.15) is 0 Å². The van der Waals surface area contributed by atoms with Crippen molar-refractivity contribution in [3.05, 3.63) is 43.1 Å². The molecule has 0 bridgehead atoms. The summed E-state index contributed by atoms with van der Waals surface area (Å²) in [5.74, 6) is 0. The fourth-order valence-electron chi connectivity index (χ4n) is 1.47. The minimum absolute atomic E-state index is 0. The van der Waals surface area contributed by atoms with E-state index in [-0.39, 0.29) is 21.1 Å². The SMILES string of the molecule is [Pt].[c-]1ncn2ccc3cccnc3c12. The van der Waals surface area contributed by atoms with Gasteiger partial charge in [-0.3, -0.25) is 0 Å². The van der Waals surface area contributed by atoms with Gasteiger partial charge in [-0.1, -0.05) is 17.6 Å². The minimum atomic E-state index is 0. The Kier molecular flexibility index (Phi) is 2.34. The summed E-state index contributed by atoms with van der Waals surface area (Å²) in [6.45, 7) is 0. The fraction of sp³-hybridized carbons (Fsp3) is 0. The zero-order valence-corrected chi connectivity index (χ0v) is 9.39. The van der Waals surface area contributed by atoms with Gasteiger partial charge in [0.15, 0.2) is 0 Å². The van der Waals surface area contributed by atoms with Crippen LogP contribution in [0.25, 0.3) is 16.4 Å². The number of pyridine rings is 2. The summed E-state index contributed by atoms with van der Waals surface area (Å²) in [7, 11) is 0. The van der Waals surface area contributed by atoms with Crippen molar-refractivity contribution < 1.29 is 21.1 Å². The number of aromatic nitrogens is 3. The van der Waals surface area contributed by atoms with E-state index in [1.165, 1.54) is 0 Å². The van der Waals surface area contributed by atoms with E-state index >= 15 is 0 Å². The summed E-state index contributed by atoms with van der Waals surface area (Å²) >= 11 is 0. The molecule has 0 spiro atoms. The van der Waals surface area contributed by atoms with Gasteiger partial charge in [0.1, 0.15) is 0 Å². The van der Waals surface area contributed by atoms with Gasteiger partial charge in [0.25, 0.3) is 0 Å². The number of hydrogen-bond acceptors (Lipinski definition) is 2. The molecule has 4 heteroatoms. The first-order chi connectivity index (χ1) is 6.45. The molecule has 3 nitrogen and oxygen atoms in total. The van der Waals surface area contributed by atoms with Crippen molar-refractivity contribution in [2.45, 2.75) is 0 Å². The van der Waals surface area contributed by atoms with Crippen molar-refractivity contribution in [3.8, 4) is 0 Å². The Morgan fingerprint density at radius 1 is 1.29 bits per heavy atom. The third-order valence-electron chi connectivity index (χ3n) is 2.09. The molecular weight excluding hydrogens is 357 g/mol. The van der Waals surface area contributed by atoms with Crippen molar-refractivity contribution in [2.24, 2.45) is 0 Å². The van der Waals surface area contributed by atoms with E-state index in [1.807, 2.05) is 28.8 Å². The summed E-state index contributed by atoms with van der Waals surface area (Å²) in [6.07, 6.45) is 8.38. The Morgan fingerprint density at radius 2 is 2.21 bits per heavy atom. The van der Waals surface area contributed by atoms with Crippen LogP contribution in [0.4, 0.5) is 0 Å². The minimum Gasteiger partial charge on any atom is -0.379 e. The summed E-state index contributed by atoms with van der Waals surface area (Å²) < 4.78 is 1.91. The predicted octanol–water partition coefficient (Wildman–Crippen LogP) is 1.68. The molecular formula is C10H6N3Pt-. The number of fused-ring (bicyclic) bond motifs is 3. The smallest absolute Gasteiger partial charge is 0.0125 e. The normalized spacial score (nSPS) is 10.3. The zero-order chi connectivity index (χ0) is 8.67. The Bertz CT molecular complexity index is 573. The molecule has 0 N–H and O–H groups in total.